The summed E-state index contributed by atoms with van der Waals surface area (Å²) in [4.78, 5) is 0. The summed E-state index contributed by atoms with van der Waals surface area (Å²) >= 11 is 3.18. The molecular formula is C6H3BrO. The molecule has 0 unspecified atom stereocenters. The zero-order valence-corrected chi connectivity index (χ0v) is 5.60. The molecule has 40 valence electrons. The number of terminal acetylenes is 1. The highest BCUT2D eigenvalue weighted by atomic mass is 79.9. The van der Waals surface area contributed by atoms with Gasteiger partial charge in [0, 0.05) is 6.07 Å². The molecule has 2 heteroatoms. The van der Waals surface area contributed by atoms with Crippen LogP contribution in [-0.4, -0.2) is 0 Å². The third kappa shape index (κ3) is 0.932. The molecule has 0 radical (unpaired) electrons. The van der Waals surface area contributed by atoms with Crippen molar-refractivity contribution in [3.8, 4) is 12.3 Å². The fraction of sp³-hybridized carbons (Fsp3) is 0. The van der Waals surface area contributed by atoms with Gasteiger partial charge in [-0.2, -0.15) is 0 Å². The van der Waals surface area contributed by atoms with Crippen molar-refractivity contribution in [2.45, 2.75) is 0 Å². The molecular weight excluding hydrogens is 168 g/mol. The second kappa shape index (κ2) is 2.06. The minimum absolute atomic E-state index is 0.553. The van der Waals surface area contributed by atoms with Gasteiger partial charge in [-0.3, -0.25) is 0 Å². The molecule has 0 N–H and O–H groups in total. The van der Waals surface area contributed by atoms with E-state index < -0.39 is 0 Å². The summed E-state index contributed by atoms with van der Waals surface area (Å²) in [6, 6.07) is 1.74. The largest absolute Gasteiger partial charge is 0.455 e. The molecule has 0 aromatic carbocycles. The lowest BCUT2D eigenvalue weighted by Gasteiger charge is -1.69. The van der Waals surface area contributed by atoms with Gasteiger partial charge in [-0.05, 0) is 21.9 Å². The van der Waals surface area contributed by atoms with Crippen LogP contribution in [0.15, 0.2) is 21.2 Å². The van der Waals surface area contributed by atoms with Crippen molar-refractivity contribution in [2.75, 3.05) is 0 Å². The minimum atomic E-state index is 0.553. The third-order valence-corrected chi connectivity index (χ3v) is 1.13. The standard InChI is InChI=1S/C6H3BrO/c1-2-6-3-5(7)4-8-6/h1,3-4H. The normalized spacial score (nSPS) is 8.50. The van der Waals surface area contributed by atoms with E-state index in [1.165, 1.54) is 0 Å². The quantitative estimate of drug-likeness (QED) is 0.544. The molecule has 0 bridgehead atoms. The van der Waals surface area contributed by atoms with Crippen LogP contribution in [0.3, 0.4) is 0 Å². The predicted molar refractivity (Wildman–Crippen MR) is 34.3 cm³/mol. The molecule has 1 heterocycles. The summed E-state index contributed by atoms with van der Waals surface area (Å²) in [5, 5.41) is 0. The lowest BCUT2D eigenvalue weighted by molar-refractivity contribution is 0.553. The first kappa shape index (κ1) is 5.46. The zero-order chi connectivity index (χ0) is 5.98. The summed E-state index contributed by atoms with van der Waals surface area (Å²) in [6.45, 7) is 0. The van der Waals surface area contributed by atoms with Crippen molar-refractivity contribution in [1.82, 2.24) is 0 Å². The van der Waals surface area contributed by atoms with Crippen molar-refractivity contribution < 1.29 is 4.42 Å². The van der Waals surface area contributed by atoms with Gasteiger partial charge in [0.15, 0.2) is 5.76 Å². The summed E-state index contributed by atoms with van der Waals surface area (Å²) in [5.41, 5.74) is 0. The van der Waals surface area contributed by atoms with Gasteiger partial charge in [-0.15, -0.1) is 6.42 Å². The van der Waals surface area contributed by atoms with Crippen LogP contribution in [0.2, 0.25) is 0 Å². The first-order valence-electron chi connectivity index (χ1n) is 2.03. The van der Waals surface area contributed by atoms with Gasteiger partial charge >= 0.3 is 0 Å². The number of halogens is 1. The van der Waals surface area contributed by atoms with Gasteiger partial charge in [0.2, 0.25) is 0 Å². The Labute approximate surface area is 55.8 Å². The van der Waals surface area contributed by atoms with Crippen LogP contribution in [0.1, 0.15) is 5.76 Å². The molecule has 0 amide bonds. The molecule has 8 heavy (non-hydrogen) atoms. The number of hydrogen-bond acceptors (Lipinski definition) is 1. The molecule has 0 aliphatic rings. The highest BCUT2D eigenvalue weighted by Gasteiger charge is 1.91. The van der Waals surface area contributed by atoms with Crippen LogP contribution >= 0.6 is 15.9 Å². The molecule has 0 fully saturated rings. The molecule has 0 spiro atoms. The van der Waals surface area contributed by atoms with Crippen molar-refractivity contribution in [3.63, 3.8) is 0 Å². The van der Waals surface area contributed by atoms with Gasteiger partial charge in [-0.1, -0.05) is 0 Å². The Balaban J connectivity index is 3.05. The molecule has 0 aliphatic carbocycles. The lowest BCUT2D eigenvalue weighted by Crippen LogP contribution is -1.55. The van der Waals surface area contributed by atoms with Gasteiger partial charge in [0.1, 0.15) is 6.26 Å². The van der Waals surface area contributed by atoms with Gasteiger partial charge in [0.25, 0.3) is 0 Å². The average Bonchev–Trinajstić information content (AvgIpc) is 2.14. The Morgan fingerprint density at radius 2 is 2.50 bits per heavy atom. The smallest absolute Gasteiger partial charge is 0.177 e. The van der Waals surface area contributed by atoms with E-state index in [1.54, 1.807) is 12.3 Å². The van der Waals surface area contributed by atoms with E-state index in [2.05, 4.69) is 21.9 Å². The summed E-state index contributed by atoms with van der Waals surface area (Å²) in [5.74, 6) is 2.90. The maximum absolute atomic E-state index is 5.00. The van der Waals surface area contributed by atoms with Crippen molar-refractivity contribution in [1.29, 1.82) is 0 Å². The summed E-state index contributed by atoms with van der Waals surface area (Å²) in [6.07, 6.45) is 6.55. The van der Waals surface area contributed by atoms with E-state index >= 15 is 0 Å². The van der Waals surface area contributed by atoms with Crippen LogP contribution in [0.25, 0.3) is 0 Å². The van der Waals surface area contributed by atoms with E-state index in [9.17, 15) is 0 Å². The van der Waals surface area contributed by atoms with E-state index in [0.29, 0.717) is 5.76 Å². The Hall–Kier alpha value is -0.680. The summed E-state index contributed by atoms with van der Waals surface area (Å²) < 4.78 is 5.71. The lowest BCUT2D eigenvalue weighted by atomic mass is 10.5. The molecule has 0 atom stereocenters. The molecule has 1 rings (SSSR count). The van der Waals surface area contributed by atoms with E-state index in [-0.39, 0.29) is 0 Å². The van der Waals surface area contributed by atoms with Gasteiger partial charge in [-0.25, -0.2) is 0 Å². The van der Waals surface area contributed by atoms with Crippen LogP contribution in [0.5, 0.6) is 0 Å². The molecule has 1 aromatic heterocycles. The second-order valence-electron chi connectivity index (χ2n) is 1.27. The maximum atomic E-state index is 5.00. The Bertz CT molecular complexity index is 219. The molecule has 0 saturated carbocycles. The highest BCUT2D eigenvalue weighted by molar-refractivity contribution is 9.10. The number of rotatable bonds is 0. The Morgan fingerprint density at radius 1 is 1.75 bits per heavy atom. The van der Waals surface area contributed by atoms with Crippen LogP contribution < -0.4 is 0 Å². The van der Waals surface area contributed by atoms with Gasteiger partial charge in [0.05, 0.1) is 4.47 Å². The summed E-state index contributed by atoms with van der Waals surface area (Å²) in [7, 11) is 0. The second-order valence-corrected chi connectivity index (χ2v) is 2.19. The Kier molecular flexibility index (Phi) is 1.40. The van der Waals surface area contributed by atoms with Crippen LogP contribution in [0.4, 0.5) is 0 Å². The fourth-order valence-corrected chi connectivity index (χ4v) is 0.690. The average molecular weight is 171 g/mol. The SMILES string of the molecule is C#Cc1cc(Br)co1. The monoisotopic (exact) mass is 170 g/mol. The first-order valence-corrected chi connectivity index (χ1v) is 2.83. The van der Waals surface area contributed by atoms with Crippen LogP contribution in [0, 0.1) is 12.3 Å². The minimum Gasteiger partial charge on any atom is -0.455 e. The molecule has 1 nitrogen and oxygen atoms in total. The highest BCUT2D eigenvalue weighted by Crippen LogP contribution is 2.12. The number of furan rings is 1. The maximum Gasteiger partial charge on any atom is 0.177 e. The van der Waals surface area contributed by atoms with E-state index in [1.807, 2.05) is 0 Å². The zero-order valence-electron chi connectivity index (χ0n) is 4.02. The third-order valence-electron chi connectivity index (χ3n) is 0.710. The topological polar surface area (TPSA) is 13.1 Å². The first-order chi connectivity index (χ1) is 3.83. The fourth-order valence-electron chi connectivity index (χ4n) is 0.389. The van der Waals surface area contributed by atoms with Crippen LogP contribution in [-0.2, 0) is 0 Å². The van der Waals surface area contributed by atoms with Crippen molar-refractivity contribution in [3.05, 3.63) is 22.6 Å². The number of hydrogen-bond donors (Lipinski definition) is 0. The van der Waals surface area contributed by atoms with E-state index in [0.717, 1.165) is 4.47 Å². The van der Waals surface area contributed by atoms with Gasteiger partial charge < -0.3 is 4.42 Å². The van der Waals surface area contributed by atoms with E-state index in [4.69, 9.17) is 10.8 Å². The predicted octanol–water partition coefficient (Wildman–Crippen LogP) is 2.02. The van der Waals surface area contributed by atoms with Crippen molar-refractivity contribution >= 4 is 15.9 Å². The molecule has 0 aliphatic heterocycles. The molecule has 1 aromatic rings. The molecule has 0 saturated heterocycles. The Morgan fingerprint density at radius 3 is 2.75 bits per heavy atom. The van der Waals surface area contributed by atoms with Crippen molar-refractivity contribution in [2.24, 2.45) is 0 Å².